The molecule has 1 fully saturated rings. The van der Waals surface area contributed by atoms with Crippen LogP contribution in [0.3, 0.4) is 0 Å². The van der Waals surface area contributed by atoms with Crippen LogP contribution in [0.2, 0.25) is 0 Å². The molecule has 1 unspecified atom stereocenters. The fraction of sp³-hybridized carbons (Fsp3) is 0.235. The Balaban J connectivity index is 1.76. The van der Waals surface area contributed by atoms with Crippen molar-refractivity contribution in [3.05, 3.63) is 65.7 Å². The van der Waals surface area contributed by atoms with Gasteiger partial charge in [0.05, 0.1) is 4.90 Å². The number of hydrogen-bond donors (Lipinski definition) is 0. The van der Waals surface area contributed by atoms with Gasteiger partial charge >= 0.3 is 0 Å². The van der Waals surface area contributed by atoms with Crippen molar-refractivity contribution >= 4 is 15.8 Å². The number of hydrogen-bond acceptors (Lipinski definition) is 3. The Kier molecular flexibility index (Phi) is 4.47. The molecule has 1 saturated heterocycles. The molecule has 0 spiro atoms. The maximum atomic E-state index is 13.0. The zero-order chi connectivity index (χ0) is 17.3. The summed E-state index contributed by atoms with van der Waals surface area (Å²) in [6, 6.07) is 9.79. The van der Waals surface area contributed by atoms with Gasteiger partial charge in [0.1, 0.15) is 11.6 Å². The average Bonchev–Trinajstić information content (AvgIpc) is 3.06. The van der Waals surface area contributed by atoms with Gasteiger partial charge in [-0.2, -0.15) is 4.31 Å². The normalized spacial score (nSPS) is 18.7. The van der Waals surface area contributed by atoms with Crippen molar-refractivity contribution in [2.45, 2.75) is 11.3 Å². The number of sulfonamides is 1. The Labute approximate surface area is 138 Å². The minimum Gasteiger partial charge on any atom is -0.294 e. The molecule has 0 N–H and O–H groups in total. The van der Waals surface area contributed by atoms with Crippen molar-refractivity contribution in [2.24, 2.45) is 5.92 Å². The van der Waals surface area contributed by atoms with Gasteiger partial charge in [0.2, 0.25) is 10.0 Å². The molecule has 0 saturated carbocycles. The van der Waals surface area contributed by atoms with Gasteiger partial charge in [0.25, 0.3) is 0 Å². The number of benzene rings is 2. The third-order valence-corrected chi connectivity index (χ3v) is 5.98. The van der Waals surface area contributed by atoms with Gasteiger partial charge < -0.3 is 0 Å². The first-order valence-electron chi connectivity index (χ1n) is 7.43. The molecular weight excluding hydrogens is 336 g/mol. The van der Waals surface area contributed by atoms with Crippen molar-refractivity contribution in [1.82, 2.24) is 4.31 Å². The molecule has 1 aliphatic rings. The fourth-order valence-corrected chi connectivity index (χ4v) is 4.27. The molecule has 7 heteroatoms. The quantitative estimate of drug-likeness (QED) is 0.796. The third-order valence-electron chi connectivity index (χ3n) is 4.10. The van der Waals surface area contributed by atoms with Crippen LogP contribution in [0.15, 0.2) is 53.4 Å². The zero-order valence-corrected chi connectivity index (χ0v) is 13.5. The Morgan fingerprint density at radius 1 is 0.958 bits per heavy atom. The average molecular weight is 351 g/mol. The smallest absolute Gasteiger partial charge is 0.243 e. The van der Waals surface area contributed by atoms with Crippen molar-refractivity contribution < 1.29 is 22.0 Å². The van der Waals surface area contributed by atoms with E-state index in [9.17, 15) is 22.0 Å². The molecule has 24 heavy (non-hydrogen) atoms. The number of halogens is 2. The minimum absolute atomic E-state index is 0.00113. The summed E-state index contributed by atoms with van der Waals surface area (Å²) < 4.78 is 52.2. The second kappa shape index (κ2) is 6.41. The number of carbonyl (C=O) groups excluding carboxylic acids is 1. The van der Waals surface area contributed by atoms with E-state index >= 15 is 0 Å². The highest BCUT2D eigenvalue weighted by molar-refractivity contribution is 7.89. The van der Waals surface area contributed by atoms with E-state index in [4.69, 9.17) is 0 Å². The van der Waals surface area contributed by atoms with Crippen LogP contribution in [0, 0.1) is 17.6 Å². The monoisotopic (exact) mass is 351 g/mol. The van der Waals surface area contributed by atoms with E-state index in [2.05, 4.69) is 0 Å². The lowest BCUT2D eigenvalue weighted by Crippen LogP contribution is -2.30. The summed E-state index contributed by atoms with van der Waals surface area (Å²) in [5.74, 6) is -1.62. The van der Waals surface area contributed by atoms with Crippen LogP contribution in [0.25, 0.3) is 0 Å². The van der Waals surface area contributed by atoms with Gasteiger partial charge in [-0.05, 0) is 55.0 Å². The van der Waals surface area contributed by atoms with Crippen molar-refractivity contribution in [3.63, 3.8) is 0 Å². The van der Waals surface area contributed by atoms with Crippen LogP contribution in [0.5, 0.6) is 0 Å². The predicted octanol–water partition coefficient (Wildman–Crippen LogP) is 2.86. The molecule has 0 aromatic heterocycles. The number of rotatable bonds is 4. The standard InChI is InChI=1S/C17H15F2NO3S/c18-14-3-1-12(2-4-14)17(21)13-9-10-20(11-13)24(22,23)16-7-5-15(19)6-8-16/h1-8,13H,9-11H2. The van der Waals surface area contributed by atoms with E-state index in [1.54, 1.807) is 0 Å². The molecule has 0 amide bonds. The van der Waals surface area contributed by atoms with Crippen LogP contribution in [0.4, 0.5) is 8.78 Å². The van der Waals surface area contributed by atoms with E-state index in [0.29, 0.717) is 12.0 Å². The Hall–Kier alpha value is -2.12. The summed E-state index contributed by atoms with van der Waals surface area (Å²) in [6.07, 6.45) is 0.399. The number of nitrogens with zero attached hydrogens (tertiary/aromatic N) is 1. The maximum absolute atomic E-state index is 13.0. The highest BCUT2D eigenvalue weighted by Crippen LogP contribution is 2.27. The molecule has 2 aromatic rings. The van der Waals surface area contributed by atoms with Crippen molar-refractivity contribution in [2.75, 3.05) is 13.1 Å². The molecule has 1 aliphatic heterocycles. The van der Waals surface area contributed by atoms with E-state index in [1.807, 2.05) is 0 Å². The summed E-state index contributed by atoms with van der Waals surface area (Å²) in [5, 5.41) is 0. The molecule has 3 rings (SSSR count). The SMILES string of the molecule is O=C(c1ccc(F)cc1)C1CCN(S(=O)(=O)c2ccc(F)cc2)C1. The van der Waals surface area contributed by atoms with E-state index in [1.165, 1.54) is 40.7 Å². The molecule has 2 aromatic carbocycles. The Morgan fingerprint density at radius 3 is 2.08 bits per heavy atom. The zero-order valence-electron chi connectivity index (χ0n) is 12.7. The van der Waals surface area contributed by atoms with Gasteiger partial charge in [-0.3, -0.25) is 4.79 Å². The highest BCUT2D eigenvalue weighted by Gasteiger charge is 2.36. The van der Waals surface area contributed by atoms with Gasteiger partial charge in [-0.25, -0.2) is 17.2 Å². The van der Waals surface area contributed by atoms with E-state index < -0.39 is 27.6 Å². The summed E-state index contributed by atoms with van der Waals surface area (Å²) in [6.45, 7) is 0.285. The highest BCUT2D eigenvalue weighted by atomic mass is 32.2. The molecule has 126 valence electrons. The largest absolute Gasteiger partial charge is 0.294 e. The molecule has 1 heterocycles. The van der Waals surface area contributed by atoms with Gasteiger partial charge in [-0.15, -0.1) is 0 Å². The summed E-state index contributed by atoms with van der Waals surface area (Å²) in [4.78, 5) is 12.4. The second-order valence-electron chi connectivity index (χ2n) is 5.67. The molecule has 0 aliphatic carbocycles. The van der Waals surface area contributed by atoms with Gasteiger partial charge in [0.15, 0.2) is 5.78 Å². The summed E-state index contributed by atoms with van der Waals surface area (Å²) in [5.41, 5.74) is 0.363. The lowest BCUT2D eigenvalue weighted by molar-refractivity contribution is 0.0927. The topological polar surface area (TPSA) is 54.5 Å². The number of carbonyl (C=O) groups is 1. The minimum atomic E-state index is -3.76. The van der Waals surface area contributed by atoms with Crippen LogP contribution >= 0.6 is 0 Å². The first kappa shape index (κ1) is 16.7. The van der Waals surface area contributed by atoms with Crippen molar-refractivity contribution in [1.29, 1.82) is 0 Å². The summed E-state index contributed by atoms with van der Waals surface area (Å²) >= 11 is 0. The van der Waals surface area contributed by atoms with Crippen LogP contribution in [-0.2, 0) is 10.0 Å². The van der Waals surface area contributed by atoms with Crippen molar-refractivity contribution in [3.8, 4) is 0 Å². The van der Waals surface area contributed by atoms with E-state index in [0.717, 1.165) is 12.1 Å². The second-order valence-corrected chi connectivity index (χ2v) is 7.61. The van der Waals surface area contributed by atoms with Crippen LogP contribution in [-0.4, -0.2) is 31.6 Å². The van der Waals surface area contributed by atoms with Crippen LogP contribution in [0.1, 0.15) is 16.8 Å². The molecular formula is C17H15F2NO3S. The Morgan fingerprint density at radius 2 is 1.50 bits per heavy atom. The molecule has 0 bridgehead atoms. The van der Waals surface area contributed by atoms with E-state index in [-0.39, 0.29) is 23.8 Å². The first-order valence-corrected chi connectivity index (χ1v) is 8.87. The molecule has 0 radical (unpaired) electrons. The molecule has 1 atom stereocenters. The maximum Gasteiger partial charge on any atom is 0.243 e. The Bertz CT molecular complexity index is 848. The molecule has 4 nitrogen and oxygen atoms in total. The lowest BCUT2D eigenvalue weighted by atomic mass is 9.97. The van der Waals surface area contributed by atoms with Gasteiger partial charge in [0, 0.05) is 24.6 Å². The first-order chi connectivity index (χ1) is 11.4. The lowest BCUT2D eigenvalue weighted by Gasteiger charge is -2.16. The predicted molar refractivity (Wildman–Crippen MR) is 84.0 cm³/mol. The number of Topliss-reactive ketones (excluding diaryl/α,β-unsaturated/α-hetero) is 1. The fourth-order valence-electron chi connectivity index (χ4n) is 2.77. The third kappa shape index (κ3) is 3.22. The number of ketones is 1. The summed E-state index contributed by atoms with van der Waals surface area (Å²) in [7, 11) is -3.76. The van der Waals surface area contributed by atoms with Crippen LogP contribution < -0.4 is 0 Å². The van der Waals surface area contributed by atoms with Gasteiger partial charge in [-0.1, -0.05) is 0 Å².